The molecule has 3 nitrogen and oxygen atoms in total. The van der Waals surface area contributed by atoms with E-state index in [1.54, 1.807) is 6.07 Å². The van der Waals surface area contributed by atoms with Crippen molar-refractivity contribution in [3.63, 3.8) is 0 Å². The van der Waals surface area contributed by atoms with Crippen LogP contribution in [0.3, 0.4) is 0 Å². The third-order valence-corrected chi connectivity index (χ3v) is 2.98. The highest BCUT2D eigenvalue weighted by molar-refractivity contribution is 6.31. The van der Waals surface area contributed by atoms with Crippen molar-refractivity contribution < 1.29 is 14.7 Å². The molecule has 1 aromatic carbocycles. The van der Waals surface area contributed by atoms with E-state index >= 15 is 0 Å². The Morgan fingerprint density at radius 1 is 1.44 bits per heavy atom. The molecule has 1 aromatic rings. The van der Waals surface area contributed by atoms with Gasteiger partial charge >= 0.3 is 5.97 Å². The molecular formula is C11H10Cl2O3. The van der Waals surface area contributed by atoms with E-state index in [0.29, 0.717) is 11.1 Å². The predicted octanol–water partition coefficient (Wildman–Crippen LogP) is 2.99. The van der Waals surface area contributed by atoms with E-state index in [2.05, 4.69) is 0 Å². The van der Waals surface area contributed by atoms with E-state index in [1.165, 1.54) is 19.1 Å². The molecule has 0 aromatic heterocycles. The van der Waals surface area contributed by atoms with Crippen LogP contribution in [0, 0.1) is 0 Å². The summed E-state index contributed by atoms with van der Waals surface area (Å²) in [7, 11) is 0. The number of halogens is 2. The number of ketones is 1. The molecule has 1 unspecified atom stereocenters. The molecule has 1 atom stereocenters. The Bertz CT molecular complexity index is 429. The van der Waals surface area contributed by atoms with Crippen LogP contribution < -0.4 is 0 Å². The number of hydrogen-bond donors (Lipinski definition) is 1. The van der Waals surface area contributed by atoms with Gasteiger partial charge < -0.3 is 5.11 Å². The van der Waals surface area contributed by atoms with Crippen LogP contribution in [-0.4, -0.2) is 16.9 Å². The van der Waals surface area contributed by atoms with Crippen molar-refractivity contribution >= 4 is 35.0 Å². The van der Waals surface area contributed by atoms with Gasteiger partial charge in [0.25, 0.3) is 0 Å². The van der Waals surface area contributed by atoms with Crippen molar-refractivity contribution in [1.82, 2.24) is 0 Å². The van der Waals surface area contributed by atoms with Crippen LogP contribution in [0.5, 0.6) is 0 Å². The van der Waals surface area contributed by atoms with Gasteiger partial charge in [0.1, 0.15) is 5.38 Å². The Kier molecular flexibility index (Phi) is 4.33. The van der Waals surface area contributed by atoms with Crippen molar-refractivity contribution in [3.8, 4) is 0 Å². The Morgan fingerprint density at radius 3 is 2.50 bits per heavy atom. The van der Waals surface area contributed by atoms with Crippen molar-refractivity contribution in [2.45, 2.75) is 18.2 Å². The van der Waals surface area contributed by atoms with E-state index in [1.807, 2.05) is 0 Å². The highest BCUT2D eigenvalue weighted by Gasteiger charge is 2.20. The second-order valence-corrected chi connectivity index (χ2v) is 4.04. The van der Waals surface area contributed by atoms with Gasteiger partial charge in [-0.05, 0) is 24.1 Å². The first-order valence-corrected chi connectivity index (χ1v) is 5.51. The normalized spacial score (nSPS) is 12.2. The number of carboxylic acids is 1. The third kappa shape index (κ3) is 2.74. The molecule has 5 heteroatoms. The van der Waals surface area contributed by atoms with Crippen LogP contribution in [0.2, 0.25) is 0 Å². The number of rotatable bonds is 4. The zero-order chi connectivity index (χ0) is 12.3. The molecule has 1 N–H and O–H groups in total. The topological polar surface area (TPSA) is 54.4 Å². The smallest absolute Gasteiger partial charge is 0.336 e. The summed E-state index contributed by atoms with van der Waals surface area (Å²) >= 11 is 11.4. The highest BCUT2D eigenvalue weighted by atomic mass is 35.5. The van der Waals surface area contributed by atoms with Gasteiger partial charge in [0.05, 0.1) is 5.56 Å². The van der Waals surface area contributed by atoms with E-state index in [4.69, 9.17) is 28.3 Å². The fraction of sp³-hybridized carbons (Fsp3) is 0.273. The quantitative estimate of drug-likeness (QED) is 0.847. The van der Waals surface area contributed by atoms with Crippen molar-refractivity contribution in [3.05, 3.63) is 34.9 Å². The molecule has 0 amide bonds. The lowest BCUT2D eigenvalue weighted by Gasteiger charge is -2.10. The third-order valence-electron chi connectivity index (χ3n) is 2.13. The SMILES string of the molecule is CC(=O)C(Cl)c1ccc(CCl)cc1C(=O)O. The zero-order valence-corrected chi connectivity index (χ0v) is 10.0. The summed E-state index contributed by atoms with van der Waals surface area (Å²) in [6.45, 7) is 1.32. The van der Waals surface area contributed by atoms with Crippen LogP contribution in [0.4, 0.5) is 0 Å². The maximum atomic E-state index is 11.1. The number of carboxylic acid groups (broad SMARTS) is 1. The minimum Gasteiger partial charge on any atom is -0.478 e. The molecular weight excluding hydrogens is 251 g/mol. The largest absolute Gasteiger partial charge is 0.478 e. The number of aromatic carboxylic acids is 1. The predicted molar refractivity (Wildman–Crippen MR) is 62.2 cm³/mol. The van der Waals surface area contributed by atoms with E-state index in [9.17, 15) is 9.59 Å². The van der Waals surface area contributed by atoms with Crippen LogP contribution in [0.25, 0.3) is 0 Å². The Hall–Kier alpha value is -1.06. The lowest BCUT2D eigenvalue weighted by molar-refractivity contribution is -0.116. The highest BCUT2D eigenvalue weighted by Crippen LogP contribution is 2.26. The minimum atomic E-state index is -1.12. The molecule has 0 bridgehead atoms. The van der Waals surface area contributed by atoms with E-state index in [0.717, 1.165) is 0 Å². The van der Waals surface area contributed by atoms with Gasteiger partial charge in [-0.3, -0.25) is 4.79 Å². The number of benzene rings is 1. The lowest BCUT2D eigenvalue weighted by atomic mass is 10.00. The molecule has 0 saturated heterocycles. The van der Waals surface area contributed by atoms with Crippen molar-refractivity contribution in [1.29, 1.82) is 0 Å². The Morgan fingerprint density at radius 2 is 2.06 bits per heavy atom. The molecule has 0 fully saturated rings. The summed E-state index contributed by atoms with van der Waals surface area (Å²) < 4.78 is 0. The van der Waals surface area contributed by atoms with Crippen LogP contribution >= 0.6 is 23.2 Å². The first kappa shape index (κ1) is 13.0. The minimum absolute atomic E-state index is 0.0216. The van der Waals surface area contributed by atoms with Gasteiger partial charge in [0, 0.05) is 5.88 Å². The summed E-state index contributed by atoms with van der Waals surface area (Å²) in [5, 5.41) is 8.07. The molecule has 0 saturated carbocycles. The molecule has 0 aliphatic carbocycles. The summed E-state index contributed by atoms with van der Waals surface area (Å²) in [4.78, 5) is 22.1. The summed E-state index contributed by atoms with van der Waals surface area (Å²) in [5.74, 6) is -1.19. The van der Waals surface area contributed by atoms with Gasteiger partial charge in [-0.1, -0.05) is 12.1 Å². The van der Waals surface area contributed by atoms with Crippen LogP contribution in [0.1, 0.15) is 33.8 Å². The van der Waals surface area contributed by atoms with Crippen LogP contribution in [-0.2, 0) is 10.7 Å². The first-order valence-electron chi connectivity index (χ1n) is 4.54. The van der Waals surface area contributed by atoms with E-state index < -0.39 is 11.3 Å². The summed E-state index contributed by atoms with van der Waals surface area (Å²) in [6, 6.07) is 4.62. The average molecular weight is 261 g/mol. The molecule has 0 heterocycles. The van der Waals surface area contributed by atoms with Gasteiger partial charge in [-0.2, -0.15) is 0 Å². The molecule has 1 rings (SSSR count). The lowest BCUT2D eigenvalue weighted by Crippen LogP contribution is -2.09. The number of Topliss-reactive ketones (excluding diaryl/α,β-unsaturated/α-hetero) is 1. The first-order chi connectivity index (χ1) is 7.47. The fourth-order valence-electron chi connectivity index (χ4n) is 1.31. The maximum Gasteiger partial charge on any atom is 0.336 e. The van der Waals surface area contributed by atoms with Crippen molar-refractivity contribution in [2.24, 2.45) is 0 Å². The molecule has 0 aliphatic rings. The average Bonchev–Trinajstić information content (AvgIpc) is 2.26. The molecule has 0 spiro atoms. The molecule has 0 radical (unpaired) electrons. The van der Waals surface area contributed by atoms with Gasteiger partial charge in [0.15, 0.2) is 5.78 Å². The molecule has 16 heavy (non-hydrogen) atoms. The summed E-state index contributed by atoms with van der Waals surface area (Å²) in [6.07, 6.45) is 0. The number of alkyl halides is 2. The molecule has 0 aliphatic heterocycles. The monoisotopic (exact) mass is 260 g/mol. The number of hydrogen-bond acceptors (Lipinski definition) is 2. The standard InChI is InChI=1S/C11H10Cl2O3/c1-6(14)10(13)8-3-2-7(5-12)4-9(8)11(15)16/h2-4,10H,5H2,1H3,(H,15,16). The van der Waals surface area contributed by atoms with E-state index in [-0.39, 0.29) is 17.2 Å². The van der Waals surface area contributed by atoms with Crippen LogP contribution in [0.15, 0.2) is 18.2 Å². The Balaban J connectivity index is 3.28. The fourth-order valence-corrected chi connectivity index (χ4v) is 1.67. The summed E-state index contributed by atoms with van der Waals surface area (Å²) in [5.41, 5.74) is 0.999. The van der Waals surface area contributed by atoms with Gasteiger partial charge in [0.2, 0.25) is 0 Å². The van der Waals surface area contributed by atoms with Gasteiger partial charge in [-0.15, -0.1) is 23.2 Å². The number of carbonyl (C=O) groups excluding carboxylic acids is 1. The molecule has 86 valence electrons. The zero-order valence-electron chi connectivity index (χ0n) is 8.54. The Labute approximate surface area is 103 Å². The van der Waals surface area contributed by atoms with Gasteiger partial charge in [-0.25, -0.2) is 4.79 Å². The number of carbonyl (C=O) groups is 2. The second-order valence-electron chi connectivity index (χ2n) is 3.33. The second kappa shape index (κ2) is 5.32. The van der Waals surface area contributed by atoms with Crippen molar-refractivity contribution in [2.75, 3.05) is 0 Å². The maximum absolute atomic E-state index is 11.1.